The van der Waals surface area contributed by atoms with Gasteiger partial charge in [0.15, 0.2) is 0 Å². The molecule has 2 fully saturated rings. The number of halogens is 2. The monoisotopic (exact) mass is 568 g/mol. The standard InChI is InChI=1S/C27H26Br2N2O2/c1-27-12-5-4-11-21(27)24(27)26(32)31-30-15-17-13-22(28)25(23(29)14-17)33-16-19-9-6-8-18-7-2-3-10-20(18)19/h2-3,6-10,13-15,21,24H,4-5,11-12,16H2,1H3,(H,31,32)/b30-15-/t21-,24-,27-/m0/s1. The molecule has 6 heteroatoms. The van der Waals surface area contributed by atoms with Gasteiger partial charge < -0.3 is 4.74 Å². The average molecular weight is 570 g/mol. The lowest BCUT2D eigenvalue weighted by Gasteiger charge is -2.15. The van der Waals surface area contributed by atoms with Crippen molar-refractivity contribution in [2.24, 2.45) is 22.4 Å². The number of benzene rings is 3. The Labute approximate surface area is 211 Å². The lowest BCUT2D eigenvalue weighted by Crippen LogP contribution is -2.22. The van der Waals surface area contributed by atoms with Gasteiger partial charge in [0.25, 0.3) is 0 Å². The summed E-state index contributed by atoms with van der Waals surface area (Å²) in [5, 5.41) is 6.61. The molecule has 0 bridgehead atoms. The number of carbonyl (C=O) groups is 1. The first kappa shape index (κ1) is 22.6. The summed E-state index contributed by atoms with van der Waals surface area (Å²) in [6.07, 6.45) is 6.47. The molecule has 1 N–H and O–H groups in total. The van der Waals surface area contributed by atoms with E-state index in [-0.39, 0.29) is 17.2 Å². The average Bonchev–Trinajstić information content (AvgIpc) is 3.44. The Morgan fingerprint density at radius 2 is 1.91 bits per heavy atom. The Morgan fingerprint density at radius 1 is 1.15 bits per heavy atom. The van der Waals surface area contributed by atoms with Crippen LogP contribution in [-0.2, 0) is 11.4 Å². The second kappa shape index (κ2) is 9.22. The topological polar surface area (TPSA) is 50.7 Å². The molecule has 0 saturated heterocycles. The molecule has 3 atom stereocenters. The van der Waals surface area contributed by atoms with Gasteiger partial charge in [0, 0.05) is 5.92 Å². The normalized spacial score (nSPS) is 24.0. The van der Waals surface area contributed by atoms with Crippen LogP contribution in [0.15, 0.2) is 68.6 Å². The van der Waals surface area contributed by atoms with E-state index >= 15 is 0 Å². The largest absolute Gasteiger partial charge is 0.487 e. The molecule has 0 spiro atoms. The van der Waals surface area contributed by atoms with Crippen LogP contribution in [0.2, 0.25) is 0 Å². The predicted octanol–water partition coefficient (Wildman–Crippen LogP) is 7.22. The maximum absolute atomic E-state index is 12.6. The number of hydrogen-bond donors (Lipinski definition) is 1. The molecular formula is C27H26Br2N2O2. The molecule has 3 aromatic carbocycles. The van der Waals surface area contributed by atoms with E-state index in [1.807, 2.05) is 24.3 Å². The highest BCUT2D eigenvalue weighted by atomic mass is 79.9. The van der Waals surface area contributed by atoms with E-state index in [2.05, 4.69) is 79.6 Å². The minimum atomic E-state index is 0.0498. The van der Waals surface area contributed by atoms with E-state index in [0.29, 0.717) is 12.5 Å². The van der Waals surface area contributed by atoms with Gasteiger partial charge in [-0.1, -0.05) is 62.2 Å². The molecule has 0 unspecified atom stereocenters. The molecule has 2 aliphatic rings. The molecular weight excluding hydrogens is 544 g/mol. The van der Waals surface area contributed by atoms with Crippen molar-refractivity contribution in [1.29, 1.82) is 0 Å². The van der Waals surface area contributed by atoms with Crippen molar-refractivity contribution >= 4 is 54.8 Å². The number of rotatable bonds is 6. The number of nitrogens with zero attached hydrogens (tertiary/aromatic N) is 1. The van der Waals surface area contributed by atoms with Crippen LogP contribution >= 0.6 is 31.9 Å². The van der Waals surface area contributed by atoms with E-state index in [9.17, 15) is 4.79 Å². The summed E-state index contributed by atoms with van der Waals surface area (Å²) >= 11 is 7.24. The molecule has 2 saturated carbocycles. The van der Waals surface area contributed by atoms with Crippen molar-refractivity contribution < 1.29 is 9.53 Å². The quantitative estimate of drug-likeness (QED) is 0.252. The van der Waals surface area contributed by atoms with E-state index in [0.717, 1.165) is 32.2 Å². The molecule has 1 amide bonds. The Morgan fingerprint density at radius 3 is 2.67 bits per heavy atom. The third-order valence-electron chi connectivity index (χ3n) is 7.27. The summed E-state index contributed by atoms with van der Waals surface area (Å²) in [5.74, 6) is 1.43. The summed E-state index contributed by atoms with van der Waals surface area (Å²) < 4.78 is 7.81. The minimum Gasteiger partial charge on any atom is -0.487 e. The number of fused-ring (bicyclic) bond motifs is 2. The molecule has 33 heavy (non-hydrogen) atoms. The fourth-order valence-corrected chi connectivity index (χ4v) is 6.90. The lowest BCUT2D eigenvalue weighted by atomic mass is 9.90. The first-order chi connectivity index (χ1) is 16.0. The molecule has 2 aliphatic carbocycles. The number of carbonyl (C=O) groups excluding carboxylic acids is 1. The maximum atomic E-state index is 12.6. The molecule has 0 heterocycles. The molecule has 0 aromatic heterocycles. The van der Waals surface area contributed by atoms with Crippen LogP contribution in [0, 0.1) is 17.3 Å². The zero-order valence-electron chi connectivity index (χ0n) is 18.5. The summed E-state index contributed by atoms with van der Waals surface area (Å²) in [4.78, 5) is 12.6. The van der Waals surface area contributed by atoms with Crippen molar-refractivity contribution in [2.75, 3.05) is 0 Å². The first-order valence-corrected chi connectivity index (χ1v) is 13.0. The second-order valence-electron chi connectivity index (χ2n) is 9.31. The summed E-state index contributed by atoms with van der Waals surface area (Å²) in [7, 11) is 0. The van der Waals surface area contributed by atoms with Crippen LogP contribution in [0.5, 0.6) is 5.75 Å². The second-order valence-corrected chi connectivity index (χ2v) is 11.0. The summed E-state index contributed by atoms with van der Waals surface area (Å²) in [6.45, 7) is 2.71. The van der Waals surface area contributed by atoms with Crippen LogP contribution in [0.3, 0.4) is 0 Å². The highest BCUT2D eigenvalue weighted by molar-refractivity contribution is 9.11. The summed E-state index contributed by atoms with van der Waals surface area (Å²) in [5.41, 5.74) is 4.95. The van der Waals surface area contributed by atoms with Crippen molar-refractivity contribution in [1.82, 2.24) is 5.43 Å². The molecule has 4 nitrogen and oxygen atoms in total. The number of ether oxygens (including phenoxy) is 1. The van der Waals surface area contributed by atoms with E-state index in [1.165, 1.54) is 30.0 Å². The fourth-order valence-electron chi connectivity index (χ4n) is 5.45. The molecule has 0 radical (unpaired) electrons. The van der Waals surface area contributed by atoms with Gasteiger partial charge in [-0.05, 0) is 90.1 Å². The molecule has 0 aliphatic heterocycles. The van der Waals surface area contributed by atoms with Crippen molar-refractivity contribution in [3.63, 3.8) is 0 Å². The minimum absolute atomic E-state index is 0.0498. The van der Waals surface area contributed by atoms with Gasteiger partial charge in [0.05, 0.1) is 15.2 Å². The Bertz CT molecular complexity index is 1210. The lowest BCUT2D eigenvalue weighted by molar-refractivity contribution is -0.123. The SMILES string of the molecule is C[C@]12CCCC[C@H]1[C@H]2C(=O)N/N=C\c1cc(Br)c(OCc2cccc3ccccc23)c(Br)c1. The van der Waals surface area contributed by atoms with E-state index in [4.69, 9.17) is 4.74 Å². The summed E-state index contributed by atoms with van der Waals surface area (Å²) in [6, 6.07) is 18.4. The van der Waals surface area contributed by atoms with Crippen molar-refractivity contribution in [3.05, 3.63) is 74.7 Å². The van der Waals surface area contributed by atoms with E-state index in [1.54, 1.807) is 6.21 Å². The third kappa shape index (κ3) is 4.47. The predicted molar refractivity (Wildman–Crippen MR) is 139 cm³/mol. The maximum Gasteiger partial charge on any atom is 0.244 e. The zero-order chi connectivity index (χ0) is 23.0. The number of hydrogen-bond acceptors (Lipinski definition) is 3. The van der Waals surface area contributed by atoms with Crippen molar-refractivity contribution in [2.45, 2.75) is 39.2 Å². The van der Waals surface area contributed by atoms with Gasteiger partial charge in [-0.15, -0.1) is 0 Å². The van der Waals surface area contributed by atoms with Crippen LogP contribution in [0.4, 0.5) is 0 Å². The van der Waals surface area contributed by atoms with Gasteiger partial charge in [-0.25, -0.2) is 5.43 Å². The van der Waals surface area contributed by atoms with Gasteiger partial charge in [-0.2, -0.15) is 5.10 Å². The third-order valence-corrected chi connectivity index (χ3v) is 8.45. The number of amides is 1. The van der Waals surface area contributed by atoms with Crippen LogP contribution in [0.1, 0.15) is 43.7 Å². The zero-order valence-corrected chi connectivity index (χ0v) is 21.7. The van der Waals surface area contributed by atoms with Gasteiger partial charge in [0.1, 0.15) is 12.4 Å². The van der Waals surface area contributed by atoms with Gasteiger partial charge in [0.2, 0.25) is 5.91 Å². The molecule has 3 aromatic rings. The van der Waals surface area contributed by atoms with E-state index < -0.39 is 0 Å². The number of hydrazone groups is 1. The van der Waals surface area contributed by atoms with Crippen LogP contribution in [0.25, 0.3) is 10.8 Å². The van der Waals surface area contributed by atoms with Crippen LogP contribution < -0.4 is 10.2 Å². The Kier molecular flexibility index (Phi) is 6.32. The highest BCUT2D eigenvalue weighted by Crippen LogP contribution is 2.66. The Hall–Kier alpha value is -2.18. The first-order valence-electron chi connectivity index (χ1n) is 11.4. The van der Waals surface area contributed by atoms with Crippen molar-refractivity contribution in [3.8, 4) is 5.75 Å². The number of nitrogens with one attached hydrogen (secondary N) is 1. The fraction of sp³-hybridized carbons (Fsp3) is 0.333. The molecule has 170 valence electrons. The Balaban J connectivity index is 1.23. The molecule has 5 rings (SSSR count). The van der Waals surface area contributed by atoms with Crippen LogP contribution in [-0.4, -0.2) is 12.1 Å². The van der Waals surface area contributed by atoms with Gasteiger partial charge >= 0.3 is 0 Å². The highest BCUT2D eigenvalue weighted by Gasteiger charge is 2.64. The van der Waals surface area contributed by atoms with Gasteiger partial charge in [-0.3, -0.25) is 4.79 Å². The smallest absolute Gasteiger partial charge is 0.244 e.